The molecule has 1 aromatic carbocycles. The minimum atomic E-state index is -2.39. The maximum Gasteiger partial charge on any atom is 0.324 e. The van der Waals surface area contributed by atoms with E-state index < -0.39 is 28.3 Å². The molecule has 1 heterocycles. The van der Waals surface area contributed by atoms with E-state index in [0.717, 1.165) is 12.1 Å². The molecule has 0 radical (unpaired) electrons. The van der Waals surface area contributed by atoms with E-state index in [1.54, 1.807) is 4.90 Å². The van der Waals surface area contributed by atoms with Crippen molar-refractivity contribution in [2.24, 2.45) is 5.73 Å². The SMILES string of the molecule is N#CCCN1CCN(c2cc(F)c(C[N+]([O-])(O)OC(N)=S)cc2F)CC1. The summed E-state index contributed by atoms with van der Waals surface area (Å²) in [4.78, 5) is 5.62. The van der Waals surface area contributed by atoms with Crippen molar-refractivity contribution in [1.82, 2.24) is 4.90 Å². The van der Waals surface area contributed by atoms with Crippen molar-refractivity contribution in [2.75, 3.05) is 37.6 Å². The van der Waals surface area contributed by atoms with Gasteiger partial charge in [-0.15, -0.1) is 0 Å². The molecule has 2 rings (SSSR count). The molecule has 1 aliphatic heterocycles. The van der Waals surface area contributed by atoms with Gasteiger partial charge in [0.2, 0.25) is 0 Å². The molecule has 0 spiro atoms. The third-order valence-electron chi connectivity index (χ3n) is 3.97. The third-order valence-corrected chi connectivity index (χ3v) is 4.05. The summed E-state index contributed by atoms with van der Waals surface area (Å²) in [5.41, 5.74) is 4.71. The van der Waals surface area contributed by atoms with Crippen LogP contribution in [-0.4, -0.2) is 53.0 Å². The molecule has 1 atom stereocenters. The van der Waals surface area contributed by atoms with Crippen LogP contribution < -0.4 is 10.6 Å². The molecule has 0 aliphatic carbocycles. The number of piperazine rings is 1. The van der Waals surface area contributed by atoms with Crippen molar-refractivity contribution in [2.45, 2.75) is 13.0 Å². The number of thiocarbonyl (C=S) groups is 1. The van der Waals surface area contributed by atoms with Crippen LogP contribution in [0.25, 0.3) is 0 Å². The number of halogens is 2. The second-order valence-corrected chi connectivity index (χ2v) is 6.24. The van der Waals surface area contributed by atoms with E-state index in [2.05, 4.69) is 28.0 Å². The van der Waals surface area contributed by atoms with E-state index in [1.165, 1.54) is 0 Å². The fourth-order valence-electron chi connectivity index (χ4n) is 2.75. The van der Waals surface area contributed by atoms with Crippen LogP contribution in [0.1, 0.15) is 12.0 Å². The predicted molar refractivity (Wildman–Crippen MR) is 92.2 cm³/mol. The topological polar surface area (TPSA) is 109 Å². The van der Waals surface area contributed by atoms with Gasteiger partial charge in [-0.05, 0) is 23.3 Å². The van der Waals surface area contributed by atoms with Gasteiger partial charge in [0, 0.05) is 45.2 Å². The summed E-state index contributed by atoms with van der Waals surface area (Å²) in [5, 5.41) is 29.0. The summed E-state index contributed by atoms with van der Waals surface area (Å²) < 4.78 is 28.7. The maximum absolute atomic E-state index is 14.4. The summed E-state index contributed by atoms with van der Waals surface area (Å²) in [6.45, 7) is 1.94. The van der Waals surface area contributed by atoms with Crippen molar-refractivity contribution in [3.8, 4) is 6.07 Å². The lowest BCUT2D eigenvalue weighted by Crippen LogP contribution is -2.47. The Morgan fingerprint density at radius 3 is 2.58 bits per heavy atom. The van der Waals surface area contributed by atoms with E-state index >= 15 is 0 Å². The average molecular weight is 387 g/mol. The monoisotopic (exact) mass is 387 g/mol. The molecular formula is C15H19F2N5O3S. The molecule has 11 heteroatoms. The van der Waals surface area contributed by atoms with Gasteiger partial charge in [-0.2, -0.15) is 10.5 Å². The van der Waals surface area contributed by atoms with Crippen LogP contribution in [0.5, 0.6) is 0 Å². The summed E-state index contributed by atoms with van der Waals surface area (Å²) in [6, 6.07) is 3.90. The molecule has 8 nitrogen and oxygen atoms in total. The van der Waals surface area contributed by atoms with E-state index in [1.807, 2.05) is 0 Å². The Bertz CT molecular complexity index is 705. The van der Waals surface area contributed by atoms with Gasteiger partial charge in [0.1, 0.15) is 11.6 Å². The fraction of sp³-hybridized carbons (Fsp3) is 0.467. The first-order valence-corrected chi connectivity index (χ1v) is 8.25. The van der Waals surface area contributed by atoms with Gasteiger partial charge in [0.05, 0.1) is 17.3 Å². The van der Waals surface area contributed by atoms with Crippen LogP contribution in [0.15, 0.2) is 12.1 Å². The number of nitrogens with two attached hydrogens (primary N) is 1. The van der Waals surface area contributed by atoms with Crippen molar-refractivity contribution >= 4 is 23.1 Å². The number of rotatable bonds is 6. The van der Waals surface area contributed by atoms with Gasteiger partial charge < -0.3 is 15.8 Å². The first-order valence-electron chi connectivity index (χ1n) is 7.85. The van der Waals surface area contributed by atoms with E-state index in [4.69, 9.17) is 11.0 Å². The molecule has 3 N–H and O–H groups in total. The van der Waals surface area contributed by atoms with Gasteiger partial charge in [0.25, 0.3) is 0 Å². The summed E-state index contributed by atoms with van der Waals surface area (Å²) in [6.07, 6.45) is 0.419. The van der Waals surface area contributed by atoms with Crippen molar-refractivity contribution in [3.05, 3.63) is 34.5 Å². The second kappa shape index (κ2) is 8.52. The van der Waals surface area contributed by atoms with Crippen molar-refractivity contribution in [3.63, 3.8) is 0 Å². The van der Waals surface area contributed by atoms with Crippen molar-refractivity contribution < 1.29 is 23.8 Å². The zero-order valence-electron chi connectivity index (χ0n) is 13.9. The Labute approximate surface area is 154 Å². The van der Waals surface area contributed by atoms with Crippen LogP contribution in [-0.2, 0) is 11.4 Å². The fourth-order valence-corrected chi connectivity index (χ4v) is 2.87. The van der Waals surface area contributed by atoms with Gasteiger partial charge in [0.15, 0.2) is 6.54 Å². The second-order valence-electron chi connectivity index (χ2n) is 5.84. The standard InChI is InChI=1S/C15H19F2N5O3S/c16-12-9-14(21-6-4-20(5-7-21)3-1-2-18)13(17)8-11(12)10-22(23,24)25-15(19)26/h8-9,23H,1,3-7,10H2,(H2,19,26). The summed E-state index contributed by atoms with van der Waals surface area (Å²) in [7, 11) is 0. The quantitative estimate of drug-likeness (QED) is 0.428. The smallest absolute Gasteiger partial charge is 0.324 e. The predicted octanol–water partition coefficient (Wildman–Crippen LogP) is 1.38. The minimum absolute atomic E-state index is 0.0726. The van der Waals surface area contributed by atoms with Gasteiger partial charge in [-0.3, -0.25) is 4.90 Å². The molecule has 1 saturated heterocycles. The molecular weight excluding hydrogens is 368 g/mol. The first-order chi connectivity index (χ1) is 12.2. The lowest BCUT2D eigenvalue weighted by Gasteiger charge is -2.36. The number of quaternary nitrogens is 1. The number of benzene rings is 1. The molecule has 1 aromatic rings. The van der Waals surface area contributed by atoms with Crippen LogP contribution in [0.2, 0.25) is 0 Å². The molecule has 1 fully saturated rings. The number of hydroxylamine groups is 3. The molecule has 0 aromatic heterocycles. The summed E-state index contributed by atoms with van der Waals surface area (Å²) >= 11 is 4.34. The average Bonchev–Trinajstić information content (AvgIpc) is 2.55. The molecule has 142 valence electrons. The maximum atomic E-state index is 14.4. The molecule has 1 aliphatic rings. The lowest BCUT2D eigenvalue weighted by atomic mass is 10.1. The number of anilines is 1. The van der Waals surface area contributed by atoms with E-state index in [-0.39, 0.29) is 11.3 Å². The molecule has 26 heavy (non-hydrogen) atoms. The number of hydrogen-bond acceptors (Lipinski definition) is 7. The number of nitriles is 1. The Balaban J connectivity index is 2.08. The first kappa shape index (κ1) is 20.2. The van der Waals surface area contributed by atoms with Gasteiger partial charge in [-0.25, -0.2) is 13.6 Å². The number of nitrogens with zero attached hydrogens (tertiary/aromatic N) is 4. The Kier molecular flexibility index (Phi) is 6.63. The van der Waals surface area contributed by atoms with E-state index in [9.17, 15) is 19.2 Å². The highest BCUT2D eigenvalue weighted by molar-refractivity contribution is 7.79. The zero-order valence-corrected chi connectivity index (χ0v) is 14.7. The minimum Gasteiger partial charge on any atom is -0.554 e. The highest BCUT2D eigenvalue weighted by atomic mass is 32.1. The van der Waals surface area contributed by atoms with Gasteiger partial charge in [-0.1, -0.05) is 0 Å². The van der Waals surface area contributed by atoms with Gasteiger partial charge >= 0.3 is 5.17 Å². The molecule has 0 bridgehead atoms. The Morgan fingerprint density at radius 1 is 1.35 bits per heavy atom. The van der Waals surface area contributed by atoms with E-state index in [0.29, 0.717) is 39.1 Å². The molecule has 1 unspecified atom stereocenters. The third kappa shape index (κ3) is 5.45. The summed E-state index contributed by atoms with van der Waals surface area (Å²) in [5.74, 6) is -1.57. The normalized spacial score (nSPS) is 17.4. The number of hydrogen-bond donors (Lipinski definition) is 2. The highest BCUT2D eigenvalue weighted by Gasteiger charge is 2.25. The van der Waals surface area contributed by atoms with Crippen LogP contribution >= 0.6 is 12.2 Å². The highest BCUT2D eigenvalue weighted by Crippen LogP contribution is 2.26. The molecule has 0 saturated carbocycles. The van der Waals surface area contributed by atoms with Crippen LogP contribution in [0, 0.1) is 28.2 Å². The zero-order chi connectivity index (χ0) is 19.3. The Hall–Kier alpha value is -2.10. The molecule has 0 amide bonds. The van der Waals surface area contributed by atoms with Crippen LogP contribution in [0.4, 0.5) is 14.5 Å². The lowest BCUT2D eigenvalue weighted by molar-refractivity contribution is -1.21. The Morgan fingerprint density at radius 2 is 2.00 bits per heavy atom. The van der Waals surface area contributed by atoms with Crippen LogP contribution in [0.3, 0.4) is 0 Å². The largest absolute Gasteiger partial charge is 0.554 e. The van der Waals surface area contributed by atoms with Crippen molar-refractivity contribution in [1.29, 1.82) is 5.26 Å².